The Hall–Kier alpha value is -2.61. The van der Waals surface area contributed by atoms with Crippen LogP contribution in [0.15, 0.2) is 48.5 Å². The first kappa shape index (κ1) is 29.0. The molecule has 0 aliphatic carbocycles. The minimum Gasteiger partial charge on any atom is -0.395 e. The van der Waals surface area contributed by atoms with Gasteiger partial charge in [-0.25, -0.2) is 0 Å². The van der Waals surface area contributed by atoms with E-state index in [9.17, 15) is 4.79 Å². The molecular weight excluding hydrogens is 456 g/mol. The van der Waals surface area contributed by atoms with Crippen LogP contribution in [0.3, 0.4) is 0 Å². The highest BCUT2D eigenvalue weighted by Gasteiger charge is 2.28. The molecule has 0 bridgehead atoms. The quantitative estimate of drug-likeness (QED) is 0.273. The second-order valence-electron chi connectivity index (χ2n) is 10.8. The third-order valence-corrected chi connectivity index (χ3v) is 7.33. The van der Waals surface area contributed by atoms with Crippen LogP contribution in [0.5, 0.6) is 0 Å². The first-order valence-corrected chi connectivity index (χ1v) is 14.3. The average Bonchev–Trinajstić information content (AvgIpc) is 2.92. The van der Waals surface area contributed by atoms with Crippen LogP contribution in [-0.2, 0) is 13.0 Å². The molecule has 1 heterocycles. The largest absolute Gasteiger partial charge is 0.395 e. The van der Waals surface area contributed by atoms with Crippen molar-refractivity contribution in [3.05, 3.63) is 70.8 Å². The van der Waals surface area contributed by atoms with Gasteiger partial charge < -0.3 is 14.9 Å². The fraction of sp³-hybridized carbons (Fsp3) is 0.545. The van der Waals surface area contributed by atoms with Gasteiger partial charge in [0.05, 0.1) is 6.61 Å². The molecule has 1 N–H and O–H groups in total. The van der Waals surface area contributed by atoms with Gasteiger partial charge in [-0.15, -0.1) is 0 Å². The number of nitrogens with zero attached hydrogens (tertiary/aromatic N) is 2. The Labute approximate surface area is 225 Å². The molecule has 0 saturated carbocycles. The lowest BCUT2D eigenvalue weighted by Crippen LogP contribution is -2.47. The van der Waals surface area contributed by atoms with E-state index in [2.05, 4.69) is 66.7 Å². The Bertz CT molecular complexity index is 993. The van der Waals surface area contributed by atoms with Crippen molar-refractivity contribution in [3.63, 3.8) is 0 Å². The average molecular weight is 503 g/mol. The van der Waals surface area contributed by atoms with Gasteiger partial charge in [0.15, 0.2) is 0 Å². The van der Waals surface area contributed by atoms with Crippen LogP contribution in [0.2, 0.25) is 0 Å². The number of unbranched alkanes of at least 4 members (excludes halogenated alkanes) is 2. The van der Waals surface area contributed by atoms with E-state index < -0.39 is 0 Å². The van der Waals surface area contributed by atoms with Gasteiger partial charge in [0.2, 0.25) is 0 Å². The summed E-state index contributed by atoms with van der Waals surface area (Å²) in [5.41, 5.74) is 4.16. The van der Waals surface area contributed by atoms with Crippen molar-refractivity contribution in [2.45, 2.75) is 84.7 Å². The summed E-state index contributed by atoms with van der Waals surface area (Å²) in [5.74, 6) is 6.92. The van der Waals surface area contributed by atoms with E-state index >= 15 is 0 Å². The normalized spacial score (nSPS) is 14.4. The standard InChI is InChI=1S/C33H46N2O2/c1-4-5-6-9-29-15-17-31(18-16-29)33(37)35(32-20-23-34(24-21-32)22-19-27(2)3)26-30-13-11-28(12-14-30)10-7-8-25-36/h11-18,27,32,36H,4-6,8-9,19-26H2,1-3H3. The maximum absolute atomic E-state index is 13.8. The summed E-state index contributed by atoms with van der Waals surface area (Å²) < 4.78 is 0. The number of likely N-dealkylation sites (tertiary alicyclic amines) is 1. The van der Waals surface area contributed by atoms with Gasteiger partial charge >= 0.3 is 0 Å². The number of benzene rings is 2. The first-order valence-electron chi connectivity index (χ1n) is 14.3. The molecule has 2 aromatic rings. The SMILES string of the molecule is CCCCCc1ccc(C(=O)N(Cc2ccc(C#CCCO)cc2)C2CCN(CCC(C)C)CC2)cc1. The van der Waals surface area contributed by atoms with Crippen LogP contribution in [0.1, 0.15) is 92.8 Å². The number of aliphatic hydroxyl groups excluding tert-OH is 1. The molecule has 4 heteroatoms. The molecule has 0 radical (unpaired) electrons. The van der Waals surface area contributed by atoms with Crippen molar-refractivity contribution >= 4 is 5.91 Å². The monoisotopic (exact) mass is 502 g/mol. The van der Waals surface area contributed by atoms with Crippen molar-refractivity contribution in [2.24, 2.45) is 5.92 Å². The predicted molar refractivity (Wildman–Crippen MR) is 153 cm³/mol. The molecule has 1 aliphatic heterocycles. The number of amides is 1. The molecule has 0 aromatic heterocycles. The zero-order valence-corrected chi connectivity index (χ0v) is 23.2. The number of hydrogen-bond acceptors (Lipinski definition) is 3. The van der Waals surface area contributed by atoms with Gasteiger partial charge in [0, 0.05) is 43.2 Å². The minimum absolute atomic E-state index is 0.0815. The van der Waals surface area contributed by atoms with Crippen molar-refractivity contribution < 1.29 is 9.90 Å². The van der Waals surface area contributed by atoms with Crippen LogP contribution in [0, 0.1) is 17.8 Å². The summed E-state index contributed by atoms with van der Waals surface area (Å²) in [6.07, 6.45) is 8.49. The summed E-state index contributed by atoms with van der Waals surface area (Å²) in [6.45, 7) is 10.7. The molecule has 4 nitrogen and oxygen atoms in total. The molecule has 2 aromatic carbocycles. The highest BCUT2D eigenvalue weighted by Crippen LogP contribution is 2.23. The predicted octanol–water partition coefficient (Wildman–Crippen LogP) is 6.31. The highest BCUT2D eigenvalue weighted by molar-refractivity contribution is 5.94. The molecule has 1 saturated heterocycles. The third-order valence-electron chi connectivity index (χ3n) is 7.33. The number of aryl methyl sites for hydroxylation is 1. The number of piperidine rings is 1. The van der Waals surface area contributed by atoms with Gasteiger partial charge in [0.25, 0.3) is 5.91 Å². The van der Waals surface area contributed by atoms with Gasteiger partial charge in [-0.2, -0.15) is 0 Å². The number of hydrogen-bond donors (Lipinski definition) is 1. The number of carbonyl (C=O) groups excluding carboxylic acids is 1. The summed E-state index contributed by atoms with van der Waals surface area (Å²) in [6, 6.07) is 16.8. The molecule has 200 valence electrons. The van der Waals surface area contributed by atoms with Crippen molar-refractivity contribution in [1.82, 2.24) is 9.80 Å². The lowest BCUT2D eigenvalue weighted by atomic mass is 9.99. The molecule has 0 spiro atoms. The van der Waals surface area contributed by atoms with E-state index in [1.54, 1.807) is 0 Å². The lowest BCUT2D eigenvalue weighted by molar-refractivity contribution is 0.0546. The van der Waals surface area contributed by atoms with Crippen molar-refractivity contribution in [2.75, 3.05) is 26.2 Å². The van der Waals surface area contributed by atoms with Crippen LogP contribution < -0.4 is 0 Å². The van der Waals surface area contributed by atoms with Crippen LogP contribution in [0.4, 0.5) is 0 Å². The molecule has 1 aliphatic rings. The number of carbonyl (C=O) groups is 1. The molecule has 3 rings (SSSR count). The van der Waals surface area contributed by atoms with Gasteiger partial charge in [-0.05, 0) is 80.0 Å². The van der Waals surface area contributed by atoms with E-state index in [4.69, 9.17) is 5.11 Å². The molecule has 37 heavy (non-hydrogen) atoms. The van der Waals surface area contributed by atoms with Gasteiger partial charge in [0.1, 0.15) is 0 Å². The topological polar surface area (TPSA) is 43.8 Å². The maximum Gasteiger partial charge on any atom is 0.254 e. The number of aliphatic hydroxyl groups is 1. The second-order valence-corrected chi connectivity index (χ2v) is 10.8. The Morgan fingerprint density at radius 1 is 1.03 bits per heavy atom. The lowest BCUT2D eigenvalue weighted by Gasteiger charge is -2.39. The Morgan fingerprint density at radius 3 is 2.32 bits per heavy atom. The molecule has 1 fully saturated rings. The summed E-state index contributed by atoms with van der Waals surface area (Å²) in [4.78, 5) is 18.5. The Morgan fingerprint density at radius 2 is 1.70 bits per heavy atom. The molecule has 1 amide bonds. The number of rotatable bonds is 12. The smallest absolute Gasteiger partial charge is 0.254 e. The zero-order valence-electron chi connectivity index (χ0n) is 23.2. The van der Waals surface area contributed by atoms with Crippen molar-refractivity contribution in [1.29, 1.82) is 0 Å². The van der Waals surface area contributed by atoms with Crippen molar-refractivity contribution in [3.8, 4) is 11.8 Å². The minimum atomic E-state index is 0.0815. The van der Waals surface area contributed by atoms with E-state index in [0.717, 1.165) is 61.5 Å². The summed E-state index contributed by atoms with van der Waals surface area (Å²) >= 11 is 0. The molecule has 0 unspecified atom stereocenters. The van der Waals surface area contributed by atoms with Crippen LogP contribution in [-0.4, -0.2) is 53.1 Å². The first-order chi connectivity index (χ1) is 18.0. The van der Waals surface area contributed by atoms with Crippen LogP contribution >= 0.6 is 0 Å². The van der Waals surface area contributed by atoms with E-state index in [1.165, 1.54) is 31.2 Å². The molecule has 0 atom stereocenters. The Kier molecular flexibility index (Phi) is 12.2. The summed E-state index contributed by atoms with van der Waals surface area (Å²) in [7, 11) is 0. The fourth-order valence-electron chi connectivity index (χ4n) is 4.93. The summed E-state index contributed by atoms with van der Waals surface area (Å²) in [5, 5.41) is 8.95. The molecular formula is C33H46N2O2. The van der Waals surface area contributed by atoms with E-state index in [1.807, 2.05) is 24.3 Å². The van der Waals surface area contributed by atoms with Gasteiger partial charge in [-0.3, -0.25) is 4.79 Å². The highest BCUT2D eigenvalue weighted by atomic mass is 16.2. The van der Waals surface area contributed by atoms with Crippen LogP contribution in [0.25, 0.3) is 0 Å². The second kappa shape index (κ2) is 15.6. The third kappa shape index (κ3) is 9.65. The van der Waals surface area contributed by atoms with Gasteiger partial charge in [-0.1, -0.05) is 69.7 Å². The van der Waals surface area contributed by atoms with E-state index in [0.29, 0.717) is 13.0 Å². The maximum atomic E-state index is 13.8. The Balaban J connectivity index is 1.72. The fourth-order valence-corrected chi connectivity index (χ4v) is 4.93. The van der Waals surface area contributed by atoms with E-state index in [-0.39, 0.29) is 18.6 Å². The zero-order chi connectivity index (χ0) is 26.5.